The van der Waals surface area contributed by atoms with Crippen LogP contribution in [0.15, 0.2) is 42.5 Å². The van der Waals surface area contributed by atoms with Gasteiger partial charge in [0.05, 0.1) is 19.7 Å². The van der Waals surface area contributed by atoms with Crippen LogP contribution in [0.25, 0.3) is 11.0 Å². The molecule has 0 bridgehead atoms. The number of benzene rings is 2. The molecular formula is C16H15N3O4. The molecular weight excluding hydrogens is 298 g/mol. The Balaban J connectivity index is 1.74. The van der Waals surface area contributed by atoms with Gasteiger partial charge in [-0.2, -0.15) is 4.68 Å². The SMILES string of the molecule is COc1ccc(OCC(=O)n2nnc3ccccc32)cc1OC. The van der Waals surface area contributed by atoms with Crippen LogP contribution in [0.5, 0.6) is 17.2 Å². The van der Waals surface area contributed by atoms with E-state index in [0.717, 1.165) is 0 Å². The maximum atomic E-state index is 12.3. The zero-order valence-corrected chi connectivity index (χ0v) is 12.7. The molecule has 0 spiro atoms. The minimum atomic E-state index is -0.312. The maximum Gasteiger partial charge on any atom is 0.286 e. The number of rotatable bonds is 5. The summed E-state index contributed by atoms with van der Waals surface area (Å²) in [6.45, 7) is -0.164. The first-order valence-electron chi connectivity index (χ1n) is 6.91. The van der Waals surface area contributed by atoms with E-state index in [0.29, 0.717) is 28.3 Å². The molecule has 0 atom stereocenters. The number of hydrogen-bond acceptors (Lipinski definition) is 6. The number of nitrogens with zero attached hydrogens (tertiary/aromatic N) is 3. The zero-order valence-electron chi connectivity index (χ0n) is 12.7. The van der Waals surface area contributed by atoms with E-state index < -0.39 is 0 Å². The summed E-state index contributed by atoms with van der Waals surface area (Å²) in [6, 6.07) is 12.3. The van der Waals surface area contributed by atoms with Crippen LogP contribution in [0.2, 0.25) is 0 Å². The van der Waals surface area contributed by atoms with E-state index in [1.54, 1.807) is 37.4 Å². The summed E-state index contributed by atoms with van der Waals surface area (Å²) in [5.41, 5.74) is 1.31. The molecule has 0 aliphatic rings. The van der Waals surface area contributed by atoms with Gasteiger partial charge in [0.2, 0.25) is 0 Å². The Hall–Kier alpha value is -3.09. The molecule has 1 aromatic heterocycles. The Morgan fingerprint density at radius 1 is 1.09 bits per heavy atom. The topological polar surface area (TPSA) is 75.5 Å². The second-order valence-electron chi connectivity index (χ2n) is 4.69. The fourth-order valence-electron chi connectivity index (χ4n) is 2.17. The average Bonchev–Trinajstić information content (AvgIpc) is 3.03. The molecule has 2 aromatic carbocycles. The van der Waals surface area contributed by atoms with Gasteiger partial charge >= 0.3 is 0 Å². The van der Waals surface area contributed by atoms with Crippen LogP contribution in [0.3, 0.4) is 0 Å². The van der Waals surface area contributed by atoms with Gasteiger partial charge in [0.25, 0.3) is 5.91 Å². The van der Waals surface area contributed by atoms with Crippen LogP contribution >= 0.6 is 0 Å². The van der Waals surface area contributed by atoms with Crippen molar-refractivity contribution >= 4 is 16.9 Å². The Bertz CT molecular complexity index is 844. The Morgan fingerprint density at radius 3 is 2.65 bits per heavy atom. The van der Waals surface area contributed by atoms with Crippen LogP contribution in [0.4, 0.5) is 0 Å². The predicted molar refractivity (Wildman–Crippen MR) is 83.2 cm³/mol. The molecule has 0 aliphatic carbocycles. The smallest absolute Gasteiger partial charge is 0.286 e. The summed E-state index contributed by atoms with van der Waals surface area (Å²) in [5, 5.41) is 7.81. The zero-order chi connectivity index (χ0) is 16.2. The minimum Gasteiger partial charge on any atom is -0.493 e. The van der Waals surface area contributed by atoms with Crippen molar-refractivity contribution in [1.29, 1.82) is 0 Å². The molecule has 7 nitrogen and oxygen atoms in total. The molecule has 0 radical (unpaired) electrons. The van der Waals surface area contributed by atoms with Crippen molar-refractivity contribution in [2.45, 2.75) is 0 Å². The lowest BCUT2D eigenvalue weighted by molar-refractivity contribution is 0.0824. The molecule has 0 aliphatic heterocycles. The fraction of sp³-hybridized carbons (Fsp3) is 0.188. The van der Waals surface area contributed by atoms with E-state index in [2.05, 4.69) is 10.3 Å². The first-order valence-corrected chi connectivity index (χ1v) is 6.91. The Morgan fingerprint density at radius 2 is 1.87 bits per heavy atom. The number of carbonyl (C=O) groups excluding carboxylic acids is 1. The van der Waals surface area contributed by atoms with Crippen molar-refractivity contribution in [3.05, 3.63) is 42.5 Å². The monoisotopic (exact) mass is 313 g/mol. The highest BCUT2D eigenvalue weighted by atomic mass is 16.5. The van der Waals surface area contributed by atoms with Crippen molar-refractivity contribution in [2.24, 2.45) is 0 Å². The highest BCUT2D eigenvalue weighted by Gasteiger charge is 2.13. The van der Waals surface area contributed by atoms with Crippen LogP contribution in [0.1, 0.15) is 4.79 Å². The summed E-state index contributed by atoms with van der Waals surface area (Å²) in [7, 11) is 3.09. The highest BCUT2D eigenvalue weighted by Crippen LogP contribution is 2.30. The molecule has 0 fully saturated rings. The van der Waals surface area contributed by atoms with E-state index in [9.17, 15) is 4.79 Å². The van der Waals surface area contributed by atoms with Gasteiger partial charge in [-0.15, -0.1) is 5.10 Å². The molecule has 0 amide bonds. The lowest BCUT2D eigenvalue weighted by atomic mass is 10.3. The summed E-state index contributed by atoms with van der Waals surface area (Å²) in [5.74, 6) is 1.31. The maximum absolute atomic E-state index is 12.3. The third-order valence-corrected chi connectivity index (χ3v) is 3.31. The van der Waals surface area contributed by atoms with Crippen molar-refractivity contribution in [1.82, 2.24) is 15.0 Å². The number of methoxy groups -OCH3 is 2. The molecule has 1 heterocycles. The largest absolute Gasteiger partial charge is 0.493 e. The van der Waals surface area contributed by atoms with Gasteiger partial charge in [0.1, 0.15) is 11.3 Å². The number of ether oxygens (including phenoxy) is 3. The third-order valence-electron chi connectivity index (χ3n) is 3.31. The number of aromatic nitrogens is 3. The number of fused-ring (bicyclic) bond motifs is 1. The van der Waals surface area contributed by atoms with Crippen molar-refractivity contribution < 1.29 is 19.0 Å². The molecule has 3 aromatic rings. The van der Waals surface area contributed by atoms with Crippen molar-refractivity contribution in [2.75, 3.05) is 20.8 Å². The number of hydrogen-bond donors (Lipinski definition) is 0. The van der Waals surface area contributed by atoms with E-state index in [-0.39, 0.29) is 12.5 Å². The van der Waals surface area contributed by atoms with Crippen LogP contribution in [-0.4, -0.2) is 41.7 Å². The lowest BCUT2D eigenvalue weighted by Gasteiger charge is -2.10. The van der Waals surface area contributed by atoms with Crippen molar-refractivity contribution in [3.63, 3.8) is 0 Å². The summed E-state index contributed by atoms with van der Waals surface area (Å²) < 4.78 is 17.1. The number of para-hydroxylation sites is 1. The first-order chi connectivity index (χ1) is 11.2. The predicted octanol–water partition coefficient (Wildman–Crippen LogP) is 2.17. The highest BCUT2D eigenvalue weighted by molar-refractivity contribution is 5.89. The van der Waals surface area contributed by atoms with Gasteiger partial charge in [0.15, 0.2) is 18.1 Å². The lowest BCUT2D eigenvalue weighted by Crippen LogP contribution is -2.20. The van der Waals surface area contributed by atoms with Crippen molar-refractivity contribution in [3.8, 4) is 17.2 Å². The standard InChI is InChI=1S/C16H15N3O4/c1-21-14-8-7-11(9-15(14)22-2)23-10-16(20)19-13-6-4-3-5-12(13)17-18-19/h3-9H,10H2,1-2H3. The fourth-order valence-corrected chi connectivity index (χ4v) is 2.17. The molecule has 3 rings (SSSR count). The van der Waals surface area contributed by atoms with Gasteiger partial charge < -0.3 is 14.2 Å². The quantitative estimate of drug-likeness (QED) is 0.718. The van der Waals surface area contributed by atoms with E-state index in [1.165, 1.54) is 11.8 Å². The third kappa shape index (κ3) is 2.94. The van der Waals surface area contributed by atoms with Gasteiger partial charge in [-0.25, -0.2) is 0 Å². The van der Waals surface area contributed by atoms with Crippen LogP contribution in [-0.2, 0) is 0 Å². The van der Waals surface area contributed by atoms with E-state index in [1.807, 2.05) is 12.1 Å². The summed E-state index contributed by atoms with van der Waals surface area (Å²) >= 11 is 0. The minimum absolute atomic E-state index is 0.164. The molecule has 23 heavy (non-hydrogen) atoms. The van der Waals surface area contributed by atoms with Gasteiger partial charge in [-0.3, -0.25) is 4.79 Å². The van der Waals surface area contributed by atoms with E-state index >= 15 is 0 Å². The Labute approximate surface area is 132 Å². The molecule has 0 unspecified atom stereocenters. The molecule has 0 N–H and O–H groups in total. The molecule has 0 saturated heterocycles. The second-order valence-corrected chi connectivity index (χ2v) is 4.69. The second kappa shape index (κ2) is 6.35. The average molecular weight is 313 g/mol. The van der Waals surface area contributed by atoms with E-state index in [4.69, 9.17) is 14.2 Å². The molecule has 0 saturated carbocycles. The molecule has 7 heteroatoms. The summed E-state index contributed by atoms with van der Waals surface area (Å²) in [4.78, 5) is 12.3. The normalized spacial score (nSPS) is 10.5. The Kier molecular flexibility index (Phi) is 4.09. The molecule has 118 valence electrons. The van der Waals surface area contributed by atoms with Gasteiger partial charge in [0, 0.05) is 6.07 Å². The van der Waals surface area contributed by atoms with Gasteiger partial charge in [-0.1, -0.05) is 17.3 Å². The summed E-state index contributed by atoms with van der Waals surface area (Å²) in [6.07, 6.45) is 0. The van der Waals surface area contributed by atoms with Crippen LogP contribution in [0, 0.1) is 0 Å². The van der Waals surface area contributed by atoms with Gasteiger partial charge in [-0.05, 0) is 24.3 Å². The first kappa shape index (κ1) is 14.8. The van der Waals surface area contributed by atoms with Crippen LogP contribution < -0.4 is 14.2 Å². The number of carbonyl (C=O) groups is 1.